The maximum Gasteiger partial charge on any atom is 0.294 e. The lowest BCUT2D eigenvalue weighted by atomic mass is 10.2. The van der Waals surface area contributed by atoms with Crippen LogP contribution in [-0.4, -0.2) is 41.7 Å². The molecule has 10 heteroatoms. The van der Waals surface area contributed by atoms with Crippen molar-refractivity contribution >= 4 is 72.4 Å². The van der Waals surface area contributed by atoms with Gasteiger partial charge in [0.05, 0.1) is 16.0 Å². The van der Waals surface area contributed by atoms with Crippen molar-refractivity contribution in [3.8, 4) is 11.5 Å². The van der Waals surface area contributed by atoms with Crippen LogP contribution in [0.5, 0.6) is 11.5 Å². The predicted octanol–water partition coefficient (Wildman–Crippen LogP) is 5.85. The summed E-state index contributed by atoms with van der Waals surface area (Å²) in [7, 11) is 0. The average molecular weight is 596 g/mol. The number of nitrogens with zero attached hydrogens (tertiary/aromatic N) is 1. The molecule has 1 N–H and O–H groups in total. The van der Waals surface area contributed by atoms with E-state index >= 15 is 0 Å². The molecule has 0 saturated carbocycles. The lowest BCUT2D eigenvalue weighted by Gasteiger charge is -2.14. The van der Waals surface area contributed by atoms with Crippen molar-refractivity contribution in [2.75, 3.05) is 25.1 Å². The van der Waals surface area contributed by atoms with Gasteiger partial charge in [-0.1, -0.05) is 28.6 Å². The first kappa shape index (κ1) is 25.1. The summed E-state index contributed by atoms with van der Waals surface area (Å²) in [6.45, 7) is 5.84. The number of amides is 3. The van der Waals surface area contributed by atoms with Crippen LogP contribution in [0, 0.1) is 0 Å². The van der Waals surface area contributed by atoms with Gasteiger partial charge in [0.2, 0.25) is 5.91 Å². The Bertz CT molecular complexity index is 1120. The Morgan fingerprint density at radius 2 is 1.91 bits per heavy atom. The molecule has 1 saturated heterocycles. The Balaban J connectivity index is 1.76. The molecule has 3 rings (SSSR count). The van der Waals surface area contributed by atoms with E-state index in [0.29, 0.717) is 40.4 Å². The van der Waals surface area contributed by atoms with E-state index in [-0.39, 0.29) is 11.4 Å². The minimum atomic E-state index is -0.531. The average Bonchev–Trinajstić information content (AvgIpc) is 3.02. The van der Waals surface area contributed by atoms with Crippen molar-refractivity contribution in [3.05, 3.63) is 68.5 Å². The van der Waals surface area contributed by atoms with E-state index in [1.54, 1.807) is 48.6 Å². The molecule has 0 unspecified atom stereocenters. The molecule has 1 aliphatic rings. The van der Waals surface area contributed by atoms with E-state index in [2.05, 4.69) is 43.8 Å². The number of hydrogen-bond donors (Lipinski definition) is 1. The Hall–Kier alpha value is -2.56. The minimum absolute atomic E-state index is 0.213. The molecule has 0 spiro atoms. The molecule has 2 aromatic rings. The maximum atomic E-state index is 12.8. The first-order valence-corrected chi connectivity index (χ1v) is 12.2. The summed E-state index contributed by atoms with van der Waals surface area (Å²) in [6, 6.07) is 10.5. The summed E-state index contributed by atoms with van der Waals surface area (Å²) in [5.41, 5.74) is 1.21. The second-order valence-corrected chi connectivity index (χ2v) is 9.45. The monoisotopic (exact) mass is 594 g/mol. The lowest BCUT2D eigenvalue weighted by Crippen LogP contribution is -2.36. The molecule has 1 fully saturated rings. The number of hydrogen-bond acceptors (Lipinski definition) is 6. The van der Waals surface area contributed by atoms with Gasteiger partial charge in [-0.25, -0.2) is 0 Å². The number of ether oxygens (including phenoxy) is 2. The number of imide groups is 1. The van der Waals surface area contributed by atoms with Gasteiger partial charge in [0, 0.05) is 10.2 Å². The van der Waals surface area contributed by atoms with Crippen molar-refractivity contribution < 1.29 is 23.9 Å². The first-order valence-electron chi connectivity index (χ1n) is 9.83. The molecule has 0 aromatic heterocycles. The van der Waals surface area contributed by atoms with E-state index in [4.69, 9.17) is 9.47 Å². The summed E-state index contributed by atoms with van der Waals surface area (Å²) in [5, 5.41) is 2.17. The standard InChI is InChI=1S/C23H20Br2N2O5S/c1-3-9-32-21-17(25)10-14(11-18(21)31-4-2)12-19-22(29)27(23(30)33-19)13-20(28)26-16-7-5-15(24)6-8-16/h3,5-8,10-12H,1,4,9,13H2,2H3,(H,26,28)/b19-12+. The topological polar surface area (TPSA) is 84.9 Å². The highest BCUT2D eigenvalue weighted by Gasteiger charge is 2.36. The van der Waals surface area contributed by atoms with Crippen molar-refractivity contribution in [2.45, 2.75) is 6.92 Å². The van der Waals surface area contributed by atoms with Crippen LogP contribution in [0.2, 0.25) is 0 Å². The van der Waals surface area contributed by atoms with Crippen LogP contribution in [0.15, 0.2) is 62.9 Å². The van der Waals surface area contributed by atoms with E-state index in [1.807, 2.05) is 6.92 Å². The molecule has 1 aliphatic heterocycles. The first-order chi connectivity index (χ1) is 15.8. The number of benzene rings is 2. The van der Waals surface area contributed by atoms with Crippen molar-refractivity contribution in [2.24, 2.45) is 0 Å². The molecule has 1 heterocycles. The van der Waals surface area contributed by atoms with Gasteiger partial charge >= 0.3 is 0 Å². The largest absolute Gasteiger partial charge is 0.490 e. The molecule has 3 amide bonds. The fourth-order valence-electron chi connectivity index (χ4n) is 2.88. The zero-order valence-corrected chi connectivity index (χ0v) is 21.6. The second-order valence-electron chi connectivity index (χ2n) is 6.69. The Morgan fingerprint density at radius 3 is 2.58 bits per heavy atom. The lowest BCUT2D eigenvalue weighted by molar-refractivity contribution is -0.127. The van der Waals surface area contributed by atoms with Crippen LogP contribution in [0.1, 0.15) is 12.5 Å². The van der Waals surface area contributed by atoms with Gasteiger partial charge in [-0.2, -0.15) is 0 Å². The smallest absolute Gasteiger partial charge is 0.294 e. The number of nitrogens with one attached hydrogen (secondary N) is 1. The van der Waals surface area contributed by atoms with E-state index in [9.17, 15) is 14.4 Å². The molecule has 2 aromatic carbocycles. The van der Waals surface area contributed by atoms with Gasteiger partial charge < -0.3 is 14.8 Å². The van der Waals surface area contributed by atoms with Crippen LogP contribution in [0.3, 0.4) is 0 Å². The number of carbonyl (C=O) groups excluding carboxylic acids is 3. The predicted molar refractivity (Wildman–Crippen MR) is 136 cm³/mol. The molecule has 0 bridgehead atoms. The summed E-state index contributed by atoms with van der Waals surface area (Å²) in [4.78, 5) is 38.7. The number of carbonyl (C=O) groups is 3. The van der Waals surface area contributed by atoms with Gasteiger partial charge in [0.1, 0.15) is 13.2 Å². The van der Waals surface area contributed by atoms with Crippen LogP contribution in [0.25, 0.3) is 6.08 Å². The van der Waals surface area contributed by atoms with E-state index in [1.165, 1.54) is 0 Å². The van der Waals surface area contributed by atoms with E-state index < -0.39 is 17.1 Å². The van der Waals surface area contributed by atoms with Gasteiger partial charge in [0.25, 0.3) is 11.1 Å². The highest BCUT2D eigenvalue weighted by molar-refractivity contribution is 9.10. The van der Waals surface area contributed by atoms with Crippen LogP contribution >= 0.6 is 43.6 Å². The molecule has 0 radical (unpaired) electrons. The van der Waals surface area contributed by atoms with Gasteiger partial charge in [0.15, 0.2) is 11.5 Å². The minimum Gasteiger partial charge on any atom is -0.490 e. The Morgan fingerprint density at radius 1 is 1.18 bits per heavy atom. The summed E-state index contributed by atoms with van der Waals surface area (Å²) in [6.07, 6.45) is 3.21. The molecular weight excluding hydrogens is 576 g/mol. The summed E-state index contributed by atoms with van der Waals surface area (Å²) in [5.74, 6) is 0.0164. The van der Waals surface area contributed by atoms with Crippen molar-refractivity contribution in [3.63, 3.8) is 0 Å². The molecular formula is C23H20Br2N2O5S. The number of halogens is 2. The van der Waals surface area contributed by atoms with E-state index in [0.717, 1.165) is 21.1 Å². The van der Waals surface area contributed by atoms with Gasteiger partial charge in [-0.3, -0.25) is 19.3 Å². The number of rotatable bonds is 9. The highest BCUT2D eigenvalue weighted by atomic mass is 79.9. The SMILES string of the molecule is C=CCOc1c(Br)cc(/C=C2/SC(=O)N(CC(=O)Nc3ccc(Br)cc3)C2=O)cc1OCC. The summed E-state index contributed by atoms with van der Waals surface area (Å²) < 4.78 is 12.8. The molecule has 7 nitrogen and oxygen atoms in total. The quantitative estimate of drug-likeness (QED) is 0.289. The zero-order valence-electron chi connectivity index (χ0n) is 17.6. The molecule has 172 valence electrons. The Kier molecular flexibility index (Phi) is 8.76. The fourth-order valence-corrected chi connectivity index (χ4v) is 4.56. The third-order valence-electron chi connectivity index (χ3n) is 4.28. The number of thioether (sulfide) groups is 1. The number of anilines is 1. The normalized spacial score (nSPS) is 14.5. The van der Waals surface area contributed by atoms with Crippen LogP contribution in [-0.2, 0) is 9.59 Å². The Labute approximate surface area is 212 Å². The van der Waals surface area contributed by atoms with Crippen LogP contribution < -0.4 is 14.8 Å². The van der Waals surface area contributed by atoms with Gasteiger partial charge in [-0.05, 0) is 82.7 Å². The molecule has 33 heavy (non-hydrogen) atoms. The third-order valence-corrected chi connectivity index (χ3v) is 6.30. The molecule has 0 aliphatic carbocycles. The second kappa shape index (κ2) is 11.5. The van der Waals surface area contributed by atoms with Gasteiger partial charge in [-0.15, -0.1) is 0 Å². The summed E-state index contributed by atoms with van der Waals surface area (Å²) >= 11 is 7.57. The van der Waals surface area contributed by atoms with Crippen molar-refractivity contribution in [1.29, 1.82) is 0 Å². The maximum absolute atomic E-state index is 12.8. The zero-order chi connectivity index (χ0) is 24.0. The van der Waals surface area contributed by atoms with Crippen LogP contribution in [0.4, 0.5) is 10.5 Å². The third kappa shape index (κ3) is 6.49. The molecule has 0 atom stereocenters. The van der Waals surface area contributed by atoms with Crippen molar-refractivity contribution in [1.82, 2.24) is 4.90 Å². The fraction of sp³-hybridized carbons (Fsp3) is 0.174. The highest BCUT2D eigenvalue weighted by Crippen LogP contribution is 2.39.